The number of hydrogen-bond donors (Lipinski definition) is 1. The first-order chi connectivity index (χ1) is 10.9. The van der Waals surface area contributed by atoms with Gasteiger partial charge in [0.05, 0.1) is 11.3 Å². The average molecular weight is 333 g/mol. The zero-order valence-corrected chi connectivity index (χ0v) is 13.5. The predicted octanol–water partition coefficient (Wildman–Crippen LogP) is 0.914. The number of nitrogens with zero attached hydrogens (tertiary/aromatic N) is 2. The zero-order chi connectivity index (χ0) is 16.4. The second-order valence-electron chi connectivity index (χ2n) is 6.02. The summed E-state index contributed by atoms with van der Waals surface area (Å²) in [6.07, 6.45) is 2.74. The van der Waals surface area contributed by atoms with E-state index >= 15 is 0 Å². The maximum Gasteiger partial charge on any atom is 0.222 e. The Labute approximate surface area is 135 Å². The molecule has 1 aliphatic heterocycles. The van der Waals surface area contributed by atoms with Crippen molar-refractivity contribution < 1.29 is 13.2 Å². The number of carbonyl (C=O) groups excluding carboxylic acids is 1. The molecule has 0 radical (unpaired) electrons. The van der Waals surface area contributed by atoms with Gasteiger partial charge in [-0.1, -0.05) is 18.2 Å². The van der Waals surface area contributed by atoms with E-state index in [9.17, 15) is 13.2 Å². The van der Waals surface area contributed by atoms with Crippen LogP contribution in [0.3, 0.4) is 0 Å². The smallest absolute Gasteiger partial charge is 0.222 e. The van der Waals surface area contributed by atoms with Crippen molar-refractivity contribution in [3.63, 3.8) is 0 Å². The summed E-state index contributed by atoms with van der Waals surface area (Å²) in [7, 11) is -3.53. The molecule has 7 heteroatoms. The molecule has 1 aliphatic rings. The summed E-state index contributed by atoms with van der Waals surface area (Å²) in [6.45, 7) is 1.04. The van der Waals surface area contributed by atoms with Gasteiger partial charge in [-0.3, -0.25) is 9.78 Å². The van der Waals surface area contributed by atoms with Gasteiger partial charge in [-0.25, -0.2) is 13.6 Å². The van der Waals surface area contributed by atoms with Crippen LogP contribution in [0.2, 0.25) is 0 Å². The van der Waals surface area contributed by atoms with Crippen LogP contribution in [0.5, 0.6) is 0 Å². The highest BCUT2D eigenvalue weighted by Gasteiger charge is 2.31. The van der Waals surface area contributed by atoms with Gasteiger partial charge < -0.3 is 4.90 Å². The lowest BCUT2D eigenvalue weighted by atomic mass is 10.1. The summed E-state index contributed by atoms with van der Waals surface area (Å²) in [5.41, 5.74) is 2.05. The van der Waals surface area contributed by atoms with E-state index in [0.29, 0.717) is 13.1 Å². The lowest BCUT2D eigenvalue weighted by molar-refractivity contribution is -0.127. The van der Waals surface area contributed by atoms with Crippen molar-refractivity contribution in [2.75, 3.05) is 18.8 Å². The molecule has 6 nitrogen and oxygen atoms in total. The van der Waals surface area contributed by atoms with Gasteiger partial charge in [0.1, 0.15) is 0 Å². The number of fused-ring (bicyclic) bond motifs is 1. The van der Waals surface area contributed by atoms with E-state index in [1.165, 1.54) is 0 Å². The first-order valence-corrected chi connectivity index (χ1v) is 9.24. The highest BCUT2D eigenvalue weighted by atomic mass is 32.2. The van der Waals surface area contributed by atoms with Crippen molar-refractivity contribution in [1.82, 2.24) is 9.88 Å². The van der Waals surface area contributed by atoms with Crippen LogP contribution < -0.4 is 5.14 Å². The number of hydrogen-bond acceptors (Lipinski definition) is 4. The summed E-state index contributed by atoms with van der Waals surface area (Å²) in [4.78, 5) is 18.0. The minimum absolute atomic E-state index is 0.00226. The topological polar surface area (TPSA) is 93.4 Å². The molecule has 3 rings (SSSR count). The Bertz CT molecular complexity index is 835. The van der Waals surface area contributed by atoms with E-state index in [1.807, 2.05) is 30.3 Å². The fourth-order valence-electron chi connectivity index (χ4n) is 3.04. The molecule has 2 aromatic rings. The number of aromatic nitrogens is 1. The number of primary sulfonamides is 1. The van der Waals surface area contributed by atoms with Crippen LogP contribution in [0.25, 0.3) is 10.9 Å². The largest absolute Gasteiger partial charge is 0.342 e. The molecule has 23 heavy (non-hydrogen) atoms. The Morgan fingerprint density at radius 3 is 2.91 bits per heavy atom. The first kappa shape index (κ1) is 15.9. The standard InChI is InChI=1S/C16H19N3O3S/c17-23(21,22)11-13-9-16(20)19(10-13)7-5-12-3-4-14-2-1-6-18-15(14)8-12/h1-4,6,8,13H,5,7,9-11H2,(H2,17,21,22). The third-order valence-electron chi connectivity index (χ3n) is 4.10. The fraction of sp³-hybridized carbons (Fsp3) is 0.375. The SMILES string of the molecule is NS(=O)(=O)CC1CC(=O)N(CCc2ccc3cccnc3c2)C1. The van der Waals surface area contributed by atoms with Gasteiger partial charge >= 0.3 is 0 Å². The van der Waals surface area contributed by atoms with Gasteiger partial charge in [0.25, 0.3) is 0 Å². The molecule has 122 valence electrons. The molecule has 0 aliphatic carbocycles. The molecule has 1 saturated heterocycles. The van der Waals surface area contributed by atoms with Crippen molar-refractivity contribution >= 4 is 26.8 Å². The van der Waals surface area contributed by atoms with Gasteiger partial charge in [0.2, 0.25) is 15.9 Å². The minimum atomic E-state index is -3.53. The van der Waals surface area contributed by atoms with Gasteiger partial charge in [0, 0.05) is 37.0 Å². The zero-order valence-electron chi connectivity index (χ0n) is 12.7. The van der Waals surface area contributed by atoms with Gasteiger partial charge in [-0.15, -0.1) is 0 Å². The molecule has 0 bridgehead atoms. The molecule has 1 unspecified atom stereocenters. The van der Waals surface area contributed by atoms with Crippen LogP contribution in [0.15, 0.2) is 36.5 Å². The normalized spacial score (nSPS) is 18.7. The number of amides is 1. The molecule has 1 atom stereocenters. The summed E-state index contributed by atoms with van der Waals surface area (Å²) in [5, 5.41) is 6.14. The quantitative estimate of drug-likeness (QED) is 0.880. The van der Waals surface area contributed by atoms with E-state index in [4.69, 9.17) is 5.14 Å². The van der Waals surface area contributed by atoms with Gasteiger partial charge in [-0.2, -0.15) is 0 Å². The number of rotatable bonds is 5. The first-order valence-electron chi connectivity index (χ1n) is 7.52. The Morgan fingerprint density at radius 1 is 1.30 bits per heavy atom. The summed E-state index contributed by atoms with van der Waals surface area (Å²) in [5.74, 6) is -0.330. The molecule has 1 fully saturated rings. The molecule has 0 saturated carbocycles. The van der Waals surface area contributed by atoms with Crippen LogP contribution in [0, 0.1) is 5.92 Å². The summed E-state index contributed by atoms with van der Waals surface area (Å²) < 4.78 is 22.3. The number of pyridine rings is 1. The predicted molar refractivity (Wildman–Crippen MR) is 88.1 cm³/mol. The molecule has 1 aromatic carbocycles. The van der Waals surface area contributed by atoms with Crippen LogP contribution in [0.4, 0.5) is 0 Å². The maximum absolute atomic E-state index is 12.0. The molecule has 0 spiro atoms. The Balaban J connectivity index is 1.62. The van der Waals surface area contributed by atoms with Crippen LogP contribution in [-0.2, 0) is 21.2 Å². The van der Waals surface area contributed by atoms with Crippen molar-refractivity contribution in [2.24, 2.45) is 11.1 Å². The molecule has 2 N–H and O–H groups in total. The minimum Gasteiger partial charge on any atom is -0.342 e. The molecule has 2 heterocycles. The van der Waals surface area contributed by atoms with E-state index in [-0.39, 0.29) is 24.0 Å². The highest BCUT2D eigenvalue weighted by Crippen LogP contribution is 2.20. The number of sulfonamides is 1. The molecular formula is C16H19N3O3S. The van der Waals surface area contributed by atoms with Gasteiger partial charge in [-0.05, 0) is 24.1 Å². The molecule has 1 amide bonds. The lowest BCUT2D eigenvalue weighted by Crippen LogP contribution is -2.29. The van der Waals surface area contributed by atoms with Crippen LogP contribution >= 0.6 is 0 Å². The maximum atomic E-state index is 12.0. The fourth-order valence-corrected chi connectivity index (χ4v) is 3.92. The third kappa shape index (κ3) is 4.05. The Morgan fingerprint density at radius 2 is 2.13 bits per heavy atom. The average Bonchev–Trinajstić information content (AvgIpc) is 2.82. The van der Waals surface area contributed by atoms with Crippen molar-refractivity contribution in [3.8, 4) is 0 Å². The van der Waals surface area contributed by atoms with E-state index < -0.39 is 10.0 Å². The molecular weight excluding hydrogens is 314 g/mol. The monoisotopic (exact) mass is 333 g/mol. The number of benzene rings is 1. The highest BCUT2D eigenvalue weighted by molar-refractivity contribution is 7.89. The second-order valence-corrected chi connectivity index (χ2v) is 7.68. The Hall–Kier alpha value is -1.99. The number of nitrogens with two attached hydrogens (primary N) is 1. The van der Waals surface area contributed by atoms with Crippen molar-refractivity contribution in [1.29, 1.82) is 0 Å². The van der Waals surface area contributed by atoms with Crippen LogP contribution in [0.1, 0.15) is 12.0 Å². The van der Waals surface area contributed by atoms with E-state index in [0.717, 1.165) is 22.9 Å². The second kappa shape index (κ2) is 6.25. The summed E-state index contributed by atoms with van der Waals surface area (Å²) in [6, 6.07) is 9.99. The van der Waals surface area contributed by atoms with Gasteiger partial charge in [0.15, 0.2) is 0 Å². The number of carbonyl (C=O) groups is 1. The lowest BCUT2D eigenvalue weighted by Gasteiger charge is -2.16. The summed E-state index contributed by atoms with van der Waals surface area (Å²) >= 11 is 0. The molecule has 1 aromatic heterocycles. The Kier molecular flexibility index (Phi) is 4.32. The van der Waals surface area contributed by atoms with Crippen molar-refractivity contribution in [3.05, 3.63) is 42.1 Å². The van der Waals surface area contributed by atoms with Crippen LogP contribution in [-0.4, -0.2) is 43.1 Å². The van der Waals surface area contributed by atoms with Crippen molar-refractivity contribution in [2.45, 2.75) is 12.8 Å². The number of likely N-dealkylation sites (tertiary alicyclic amines) is 1. The third-order valence-corrected chi connectivity index (χ3v) is 5.04. The van der Waals surface area contributed by atoms with E-state index in [2.05, 4.69) is 4.98 Å². The van der Waals surface area contributed by atoms with E-state index in [1.54, 1.807) is 11.1 Å².